The molecule has 0 aliphatic heterocycles. The van der Waals surface area contributed by atoms with Gasteiger partial charge in [-0.15, -0.1) is 0 Å². The van der Waals surface area contributed by atoms with Crippen LogP contribution in [0.5, 0.6) is 5.88 Å². The molecule has 17 heavy (non-hydrogen) atoms. The van der Waals surface area contributed by atoms with Gasteiger partial charge in [-0.3, -0.25) is 0 Å². The molecule has 0 aromatic carbocycles. The Balaban J connectivity index is 1.84. The molecule has 0 spiro atoms. The van der Waals surface area contributed by atoms with E-state index >= 15 is 0 Å². The maximum atomic E-state index is 11.9. The fraction of sp³-hybridized carbons (Fsp3) is 0.545. The van der Waals surface area contributed by atoms with Gasteiger partial charge in [-0.05, 0) is 25.3 Å². The molecule has 0 bridgehead atoms. The average molecular weight is 246 g/mol. The summed E-state index contributed by atoms with van der Waals surface area (Å²) in [4.78, 5) is 3.81. The van der Waals surface area contributed by atoms with Gasteiger partial charge in [-0.1, -0.05) is 0 Å². The lowest BCUT2D eigenvalue weighted by Gasteiger charge is -2.27. The van der Waals surface area contributed by atoms with E-state index in [1.807, 2.05) is 0 Å². The molecule has 1 aromatic heterocycles. The number of hydrogen-bond acceptors (Lipinski definition) is 3. The van der Waals surface area contributed by atoms with Gasteiger partial charge in [0.25, 0.3) is 0 Å². The number of pyridine rings is 1. The Hall–Kier alpha value is -1.46. The van der Waals surface area contributed by atoms with Crippen molar-refractivity contribution in [1.82, 2.24) is 4.98 Å². The van der Waals surface area contributed by atoms with Crippen LogP contribution in [0.1, 0.15) is 19.3 Å². The van der Waals surface area contributed by atoms with Gasteiger partial charge in [-0.2, -0.15) is 13.2 Å². The maximum Gasteiger partial charge on any atom is 0.422 e. The van der Waals surface area contributed by atoms with Gasteiger partial charge in [0.05, 0.1) is 11.9 Å². The van der Waals surface area contributed by atoms with Crippen molar-refractivity contribution in [2.45, 2.75) is 31.5 Å². The number of anilines is 1. The molecule has 1 fully saturated rings. The van der Waals surface area contributed by atoms with E-state index in [1.165, 1.54) is 18.7 Å². The van der Waals surface area contributed by atoms with Crippen LogP contribution in [0.15, 0.2) is 18.3 Å². The third kappa shape index (κ3) is 3.80. The van der Waals surface area contributed by atoms with Gasteiger partial charge in [-0.25, -0.2) is 4.98 Å². The third-order valence-corrected chi connectivity index (χ3v) is 2.60. The van der Waals surface area contributed by atoms with E-state index in [0.29, 0.717) is 6.04 Å². The molecular weight excluding hydrogens is 233 g/mol. The highest BCUT2D eigenvalue weighted by Gasteiger charge is 2.28. The molecule has 94 valence electrons. The predicted octanol–water partition coefficient (Wildman–Crippen LogP) is 2.99. The standard InChI is InChI=1S/C11H13F3N2O/c12-11(13,14)7-17-10-5-4-9(6-15-10)16-8-2-1-3-8/h4-6,8,16H,1-3,7H2. The smallest absolute Gasteiger partial charge is 0.422 e. The van der Waals surface area contributed by atoms with Crippen LogP contribution in [-0.4, -0.2) is 23.8 Å². The molecule has 0 saturated heterocycles. The number of alkyl halides is 3. The van der Waals surface area contributed by atoms with Crippen LogP contribution in [0, 0.1) is 0 Å². The molecule has 1 aromatic rings. The molecular formula is C11H13F3N2O. The summed E-state index contributed by atoms with van der Waals surface area (Å²) in [5, 5.41) is 3.24. The number of nitrogens with one attached hydrogen (secondary N) is 1. The molecule has 0 unspecified atom stereocenters. The van der Waals surface area contributed by atoms with Crippen LogP contribution in [0.2, 0.25) is 0 Å². The lowest BCUT2D eigenvalue weighted by molar-refractivity contribution is -0.154. The SMILES string of the molecule is FC(F)(F)COc1ccc(NC2CCC2)cn1. The van der Waals surface area contributed by atoms with E-state index in [9.17, 15) is 13.2 Å². The van der Waals surface area contributed by atoms with Crippen molar-refractivity contribution >= 4 is 5.69 Å². The molecule has 1 saturated carbocycles. The van der Waals surface area contributed by atoms with Gasteiger partial charge in [0, 0.05) is 12.1 Å². The first kappa shape index (κ1) is 12.0. The number of hydrogen-bond donors (Lipinski definition) is 1. The van der Waals surface area contributed by atoms with E-state index in [2.05, 4.69) is 15.0 Å². The van der Waals surface area contributed by atoms with Gasteiger partial charge in [0.15, 0.2) is 6.61 Å². The topological polar surface area (TPSA) is 34.1 Å². The normalized spacial score (nSPS) is 16.4. The van der Waals surface area contributed by atoms with Gasteiger partial charge in [0.1, 0.15) is 0 Å². The zero-order valence-electron chi connectivity index (χ0n) is 9.13. The number of ether oxygens (including phenoxy) is 1. The summed E-state index contributed by atoms with van der Waals surface area (Å²) >= 11 is 0. The molecule has 1 heterocycles. The highest BCUT2D eigenvalue weighted by molar-refractivity contribution is 5.43. The number of nitrogens with zero attached hydrogens (tertiary/aromatic N) is 1. The van der Waals surface area contributed by atoms with Crippen molar-refractivity contribution in [2.24, 2.45) is 0 Å². The summed E-state index contributed by atoms with van der Waals surface area (Å²) in [6, 6.07) is 3.59. The Labute approximate surface area is 97.0 Å². The first-order valence-corrected chi connectivity index (χ1v) is 5.45. The summed E-state index contributed by atoms with van der Waals surface area (Å²) in [7, 11) is 0. The predicted molar refractivity (Wildman–Crippen MR) is 57.0 cm³/mol. The van der Waals surface area contributed by atoms with Crippen molar-refractivity contribution in [3.8, 4) is 5.88 Å². The van der Waals surface area contributed by atoms with Gasteiger partial charge < -0.3 is 10.1 Å². The zero-order chi connectivity index (χ0) is 12.3. The second-order valence-electron chi connectivity index (χ2n) is 4.06. The van der Waals surface area contributed by atoms with Crippen LogP contribution >= 0.6 is 0 Å². The molecule has 0 amide bonds. The van der Waals surface area contributed by atoms with E-state index in [-0.39, 0.29) is 5.88 Å². The minimum absolute atomic E-state index is 0.0125. The molecule has 2 rings (SSSR count). The molecule has 3 nitrogen and oxygen atoms in total. The minimum Gasteiger partial charge on any atom is -0.468 e. The molecule has 1 N–H and O–H groups in total. The summed E-state index contributed by atoms with van der Waals surface area (Å²) in [5.41, 5.74) is 0.814. The summed E-state index contributed by atoms with van der Waals surface area (Å²) in [5.74, 6) is -0.0125. The van der Waals surface area contributed by atoms with Crippen LogP contribution in [0.3, 0.4) is 0 Å². The summed E-state index contributed by atoms with van der Waals surface area (Å²) in [6.07, 6.45) is 0.644. The second kappa shape index (κ2) is 4.81. The Morgan fingerprint density at radius 2 is 2.12 bits per heavy atom. The Bertz CT molecular complexity index is 360. The molecule has 1 aliphatic rings. The Morgan fingerprint density at radius 1 is 1.35 bits per heavy atom. The van der Waals surface area contributed by atoms with Crippen molar-refractivity contribution in [1.29, 1.82) is 0 Å². The molecule has 6 heteroatoms. The molecule has 0 atom stereocenters. The fourth-order valence-electron chi connectivity index (χ4n) is 1.50. The minimum atomic E-state index is -4.33. The van der Waals surface area contributed by atoms with E-state index in [0.717, 1.165) is 18.5 Å². The van der Waals surface area contributed by atoms with E-state index < -0.39 is 12.8 Å². The summed E-state index contributed by atoms with van der Waals surface area (Å²) < 4.78 is 40.1. The highest BCUT2D eigenvalue weighted by atomic mass is 19.4. The van der Waals surface area contributed by atoms with Crippen LogP contribution in [-0.2, 0) is 0 Å². The van der Waals surface area contributed by atoms with Gasteiger partial charge >= 0.3 is 6.18 Å². The quantitative estimate of drug-likeness (QED) is 0.886. The number of halogens is 3. The lowest BCUT2D eigenvalue weighted by atomic mass is 9.93. The average Bonchev–Trinajstić information content (AvgIpc) is 2.21. The first-order chi connectivity index (χ1) is 8.03. The second-order valence-corrected chi connectivity index (χ2v) is 4.06. The Kier molecular flexibility index (Phi) is 3.40. The van der Waals surface area contributed by atoms with Crippen LogP contribution in [0.4, 0.5) is 18.9 Å². The van der Waals surface area contributed by atoms with Crippen molar-refractivity contribution in [3.05, 3.63) is 18.3 Å². The largest absolute Gasteiger partial charge is 0.468 e. The summed E-state index contributed by atoms with van der Waals surface area (Å²) in [6.45, 7) is -1.31. The number of rotatable bonds is 4. The van der Waals surface area contributed by atoms with Crippen molar-refractivity contribution in [2.75, 3.05) is 11.9 Å². The van der Waals surface area contributed by atoms with Crippen LogP contribution in [0.25, 0.3) is 0 Å². The first-order valence-electron chi connectivity index (χ1n) is 5.45. The van der Waals surface area contributed by atoms with Gasteiger partial charge in [0.2, 0.25) is 5.88 Å². The molecule has 0 radical (unpaired) electrons. The van der Waals surface area contributed by atoms with E-state index in [1.54, 1.807) is 6.07 Å². The zero-order valence-corrected chi connectivity index (χ0v) is 9.13. The van der Waals surface area contributed by atoms with E-state index in [4.69, 9.17) is 0 Å². The maximum absolute atomic E-state index is 11.9. The fourth-order valence-corrected chi connectivity index (χ4v) is 1.50. The monoisotopic (exact) mass is 246 g/mol. The third-order valence-electron chi connectivity index (χ3n) is 2.60. The lowest BCUT2D eigenvalue weighted by Crippen LogP contribution is -2.27. The van der Waals surface area contributed by atoms with Crippen LogP contribution < -0.4 is 10.1 Å². The number of aromatic nitrogens is 1. The highest BCUT2D eigenvalue weighted by Crippen LogP contribution is 2.23. The Morgan fingerprint density at radius 3 is 2.59 bits per heavy atom. The molecule has 1 aliphatic carbocycles. The van der Waals surface area contributed by atoms with Crippen molar-refractivity contribution < 1.29 is 17.9 Å². The van der Waals surface area contributed by atoms with Crippen molar-refractivity contribution in [3.63, 3.8) is 0 Å².